The predicted molar refractivity (Wildman–Crippen MR) is 94.7 cm³/mol. The Kier molecular flexibility index (Phi) is 3.28. The molecule has 1 atom stereocenters. The number of fused-ring (bicyclic) bond motifs is 3. The van der Waals surface area contributed by atoms with Crippen LogP contribution in [0.4, 0.5) is 5.69 Å². The molecule has 0 radical (unpaired) electrons. The van der Waals surface area contributed by atoms with Crippen LogP contribution in [0.1, 0.15) is 32.3 Å². The zero-order chi connectivity index (χ0) is 18.9. The molecule has 0 aromatic heterocycles. The van der Waals surface area contributed by atoms with Crippen LogP contribution < -0.4 is 11.1 Å². The van der Waals surface area contributed by atoms with E-state index in [0.717, 1.165) is 0 Å². The Morgan fingerprint density at radius 2 is 2.08 bits per heavy atom. The highest BCUT2D eigenvalue weighted by Crippen LogP contribution is 2.57. The molecule has 6 nitrogen and oxygen atoms in total. The summed E-state index contributed by atoms with van der Waals surface area (Å²) in [6.07, 6.45) is 0.832. The van der Waals surface area contributed by atoms with Gasteiger partial charge in [-0.1, -0.05) is 37.6 Å². The number of carbonyl (C=O) groups excluding carboxylic acids is 2. The second-order valence-electron chi connectivity index (χ2n) is 7.33. The lowest BCUT2D eigenvalue weighted by atomic mass is 9.61. The Balaban J connectivity index is 2.17. The molecule has 26 heavy (non-hydrogen) atoms. The number of nitriles is 1. The molecular formula is C19H16ClN3O3. The van der Waals surface area contributed by atoms with Crippen molar-refractivity contribution in [3.63, 3.8) is 0 Å². The van der Waals surface area contributed by atoms with Gasteiger partial charge in [0, 0.05) is 17.4 Å². The third-order valence-electron chi connectivity index (χ3n) is 5.41. The van der Waals surface area contributed by atoms with Crippen LogP contribution >= 0.6 is 11.6 Å². The summed E-state index contributed by atoms with van der Waals surface area (Å²) >= 11 is 6.26. The fourth-order valence-corrected chi connectivity index (χ4v) is 4.32. The lowest BCUT2D eigenvalue weighted by Crippen LogP contribution is -2.48. The number of hydrogen-bond donors (Lipinski definition) is 2. The minimum Gasteiger partial charge on any atom is -0.444 e. The van der Waals surface area contributed by atoms with E-state index >= 15 is 0 Å². The molecule has 1 aliphatic carbocycles. The summed E-state index contributed by atoms with van der Waals surface area (Å²) in [6, 6.07) is 7.01. The average Bonchev–Trinajstić information content (AvgIpc) is 2.87. The number of amides is 1. The quantitative estimate of drug-likeness (QED) is 0.731. The van der Waals surface area contributed by atoms with Gasteiger partial charge in [0.05, 0.1) is 16.3 Å². The number of nitrogens with one attached hydrogen (secondary N) is 1. The number of ketones is 1. The van der Waals surface area contributed by atoms with Gasteiger partial charge in [0.1, 0.15) is 22.8 Å². The molecular weight excluding hydrogens is 354 g/mol. The van der Waals surface area contributed by atoms with Gasteiger partial charge in [-0.05, 0) is 12.5 Å². The lowest BCUT2D eigenvalue weighted by Gasteiger charge is -2.42. The fraction of sp³-hybridized carbons (Fsp3) is 0.316. The average molecular weight is 370 g/mol. The number of carbonyl (C=O) groups is 2. The molecule has 7 heteroatoms. The molecule has 0 saturated heterocycles. The van der Waals surface area contributed by atoms with Crippen molar-refractivity contribution in [2.24, 2.45) is 11.1 Å². The normalized spacial score (nSPS) is 26.2. The van der Waals surface area contributed by atoms with Gasteiger partial charge in [-0.2, -0.15) is 5.26 Å². The molecule has 1 unspecified atom stereocenters. The van der Waals surface area contributed by atoms with E-state index in [1.54, 1.807) is 18.2 Å². The van der Waals surface area contributed by atoms with Crippen molar-refractivity contribution < 1.29 is 14.3 Å². The van der Waals surface area contributed by atoms with Crippen molar-refractivity contribution in [2.75, 3.05) is 5.32 Å². The third kappa shape index (κ3) is 1.81. The number of Topliss-reactive ketones (excluding diaryl/α,β-unsaturated/α-hetero) is 1. The number of allylic oxidation sites excluding steroid dienone is 1. The van der Waals surface area contributed by atoms with Gasteiger partial charge in [0.2, 0.25) is 11.8 Å². The first-order valence-corrected chi connectivity index (χ1v) is 8.60. The Morgan fingerprint density at radius 1 is 1.35 bits per heavy atom. The molecule has 4 rings (SSSR count). The molecule has 0 saturated carbocycles. The van der Waals surface area contributed by atoms with Gasteiger partial charge < -0.3 is 15.8 Å². The van der Waals surface area contributed by atoms with Gasteiger partial charge in [-0.3, -0.25) is 9.59 Å². The van der Waals surface area contributed by atoms with Crippen LogP contribution in [0.5, 0.6) is 0 Å². The number of nitrogens with zero attached hydrogens (tertiary/aromatic N) is 1. The van der Waals surface area contributed by atoms with Crippen molar-refractivity contribution in [2.45, 2.75) is 32.1 Å². The van der Waals surface area contributed by atoms with Crippen LogP contribution in [-0.2, 0) is 19.7 Å². The number of benzene rings is 1. The van der Waals surface area contributed by atoms with E-state index in [0.29, 0.717) is 28.5 Å². The summed E-state index contributed by atoms with van der Waals surface area (Å²) in [6.45, 7) is 3.86. The van der Waals surface area contributed by atoms with Crippen LogP contribution in [0.3, 0.4) is 0 Å². The van der Waals surface area contributed by atoms with E-state index in [-0.39, 0.29) is 29.2 Å². The standard InChI is InChI=1S/C19H16ClN3O3/c1-18(2)7-6-12(24)13-15(18)26-16(22)10(8-21)19(13)9-4-3-5-11(20)14(9)23-17(19)25/h3-5H,6-7,22H2,1-2H3,(H,23,25). The van der Waals surface area contributed by atoms with E-state index in [2.05, 4.69) is 5.32 Å². The maximum Gasteiger partial charge on any atom is 0.245 e. The van der Waals surface area contributed by atoms with Crippen molar-refractivity contribution in [1.29, 1.82) is 5.26 Å². The largest absolute Gasteiger partial charge is 0.444 e. The first-order valence-electron chi connectivity index (χ1n) is 8.22. The summed E-state index contributed by atoms with van der Waals surface area (Å²) in [7, 11) is 0. The maximum atomic E-state index is 13.2. The maximum absolute atomic E-state index is 13.2. The Morgan fingerprint density at radius 3 is 2.77 bits per heavy atom. The molecule has 1 amide bonds. The molecule has 1 aromatic rings. The molecule has 2 heterocycles. The van der Waals surface area contributed by atoms with Crippen molar-refractivity contribution in [1.82, 2.24) is 0 Å². The highest BCUT2D eigenvalue weighted by Gasteiger charge is 2.61. The van der Waals surface area contributed by atoms with Crippen LogP contribution in [0.2, 0.25) is 5.02 Å². The Bertz CT molecular complexity index is 1000. The summed E-state index contributed by atoms with van der Waals surface area (Å²) in [5.74, 6) is -0.533. The zero-order valence-electron chi connectivity index (χ0n) is 14.3. The van der Waals surface area contributed by atoms with Crippen LogP contribution in [0, 0.1) is 16.7 Å². The summed E-state index contributed by atoms with van der Waals surface area (Å²) in [4.78, 5) is 26.2. The molecule has 3 aliphatic rings. The third-order valence-corrected chi connectivity index (χ3v) is 5.73. The summed E-state index contributed by atoms with van der Waals surface area (Å²) in [5.41, 5.74) is 4.89. The number of ether oxygens (including phenoxy) is 1. The molecule has 2 aliphatic heterocycles. The van der Waals surface area contributed by atoms with Crippen LogP contribution in [0.15, 0.2) is 41.0 Å². The van der Waals surface area contributed by atoms with Gasteiger partial charge >= 0.3 is 0 Å². The first-order chi connectivity index (χ1) is 12.2. The smallest absolute Gasteiger partial charge is 0.245 e. The van der Waals surface area contributed by atoms with Crippen molar-refractivity contribution in [3.8, 4) is 6.07 Å². The molecule has 132 valence electrons. The lowest BCUT2D eigenvalue weighted by molar-refractivity contribution is -0.124. The monoisotopic (exact) mass is 369 g/mol. The Hall–Kier alpha value is -2.78. The number of rotatable bonds is 0. The summed E-state index contributed by atoms with van der Waals surface area (Å²) in [5, 5.41) is 12.9. The fourth-order valence-electron chi connectivity index (χ4n) is 4.10. The minimum atomic E-state index is -1.62. The van der Waals surface area contributed by atoms with Gasteiger partial charge in [-0.25, -0.2) is 0 Å². The second-order valence-corrected chi connectivity index (χ2v) is 7.74. The van der Waals surface area contributed by atoms with E-state index < -0.39 is 16.7 Å². The molecule has 1 aromatic carbocycles. The number of halogens is 1. The highest BCUT2D eigenvalue weighted by atomic mass is 35.5. The van der Waals surface area contributed by atoms with Crippen LogP contribution in [0.25, 0.3) is 0 Å². The van der Waals surface area contributed by atoms with E-state index in [1.165, 1.54) is 0 Å². The van der Waals surface area contributed by atoms with Crippen molar-refractivity contribution in [3.05, 3.63) is 51.6 Å². The SMILES string of the molecule is CC1(C)CCC(=O)C2=C1OC(N)=C(C#N)C21C(=O)Nc2c(Cl)cccc21. The number of nitrogens with two attached hydrogens (primary N) is 1. The molecule has 1 spiro atoms. The molecule has 3 N–H and O–H groups in total. The minimum absolute atomic E-state index is 0.0826. The van der Waals surface area contributed by atoms with Gasteiger partial charge in [-0.15, -0.1) is 0 Å². The van der Waals surface area contributed by atoms with Crippen LogP contribution in [-0.4, -0.2) is 11.7 Å². The summed E-state index contributed by atoms with van der Waals surface area (Å²) < 4.78 is 5.74. The second kappa shape index (κ2) is 5.12. The zero-order valence-corrected chi connectivity index (χ0v) is 15.0. The Labute approximate surface area is 155 Å². The molecule has 0 fully saturated rings. The first kappa shape index (κ1) is 16.7. The number of anilines is 1. The van der Waals surface area contributed by atoms with E-state index in [9.17, 15) is 14.9 Å². The van der Waals surface area contributed by atoms with E-state index in [1.807, 2.05) is 19.9 Å². The highest BCUT2D eigenvalue weighted by molar-refractivity contribution is 6.35. The van der Waals surface area contributed by atoms with Crippen molar-refractivity contribution >= 4 is 29.0 Å². The van der Waals surface area contributed by atoms with E-state index in [4.69, 9.17) is 22.1 Å². The number of para-hydroxylation sites is 1. The van der Waals surface area contributed by atoms with Gasteiger partial charge in [0.15, 0.2) is 5.78 Å². The topological polar surface area (TPSA) is 105 Å². The molecule has 0 bridgehead atoms. The van der Waals surface area contributed by atoms with Gasteiger partial charge in [0.25, 0.3) is 0 Å². The number of hydrogen-bond acceptors (Lipinski definition) is 5. The predicted octanol–water partition coefficient (Wildman–Crippen LogP) is 2.90.